The summed E-state index contributed by atoms with van der Waals surface area (Å²) in [6, 6.07) is 18.4. The first-order valence-corrected chi connectivity index (χ1v) is 11.2. The summed E-state index contributed by atoms with van der Waals surface area (Å²) < 4.78 is 30.7. The number of carbonyl (C=O) groups is 1. The maximum atomic E-state index is 14.0. The Morgan fingerprint density at radius 3 is 2.35 bits per heavy atom. The number of benzene rings is 3. The molecule has 2 heterocycles. The monoisotopic (exact) mass is 477 g/mol. The van der Waals surface area contributed by atoms with Gasteiger partial charge >= 0.3 is 5.69 Å². The maximum absolute atomic E-state index is 14.0. The number of amides is 1. The Labute approximate surface area is 195 Å². The topological polar surface area (TPSA) is 73.1 Å². The van der Waals surface area contributed by atoms with Gasteiger partial charge < -0.3 is 5.32 Å². The molecular weight excluding hydrogens is 460 g/mol. The van der Waals surface area contributed by atoms with Crippen LogP contribution in [0.15, 0.2) is 82.4 Å². The molecule has 0 spiro atoms. The first-order chi connectivity index (χ1) is 16.4. The van der Waals surface area contributed by atoms with E-state index in [9.17, 15) is 23.2 Å². The number of fused-ring (bicyclic) bond motifs is 3. The molecule has 0 radical (unpaired) electrons. The van der Waals surface area contributed by atoms with Crippen molar-refractivity contribution in [3.8, 4) is 0 Å². The molecule has 0 aliphatic carbocycles. The number of hydrogen-bond donors (Lipinski definition) is 1. The van der Waals surface area contributed by atoms with Gasteiger partial charge in [-0.1, -0.05) is 42.5 Å². The third-order valence-electron chi connectivity index (χ3n) is 5.44. The van der Waals surface area contributed by atoms with Gasteiger partial charge in [0.15, 0.2) is 0 Å². The third kappa shape index (κ3) is 3.90. The molecule has 34 heavy (non-hydrogen) atoms. The highest BCUT2D eigenvalue weighted by atomic mass is 32.1. The third-order valence-corrected chi connectivity index (χ3v) is 6.59. The first kappa shape index (κ1) is 21.7. The number of hydrogen-bond acceptors (Lipinski definition) is 4. The number of aromatic nitrogens is 2. The van der Waals surface area contributed by atoms with Crippen LogP contribution in [-0.4, -0.2) is 15.0 Å². The number of carbonyl (C=O) groups excluding carboxylic acids is 1. The van der Waals surface area contributed by atoms with Gasteiger partial charge in [0.1, 0.15) is 22.9 Å². The van der Waals surface area contributed by atoms with E-state index in [-0.39, 0.29) is 12.2 Å². The predicted octanol–water partition coefficient (Wildman–Crippen LogP) is 4.34. The molecule has 3 aromatic carbocycles. The van der Waals surface area contributed by atoms with Gasteiger partial charge in [-0.25, -0.2) is 13.6 Å². The second-order valence-corrected chi connectivity index (χ2v) is 8.74. The number of anilines is 1. The minimum Gasteiger partial charge on any atom is -0.322 e. The van der Waals surface area contributed by atoms with Crippen molar-refractivity contribution in [2.24, 2.45) is 0 Å². The molecule has 1 N–H and O–H groups in total. The quantitative estimate of drug-likeness (QED) is 0.409. The van der Waals surface area contributed by atoms with E-state index < -0.39 is 35.3 Å². The zero-order chi connectivity index (χ0) is 23.8. The number of halogens is 2. The number of thiophene rings is 1. The maximum Gasteiger partial charge on any atom is 0.332 e. The molecule has 0 saturated carbocycles. The number of nitrogens with zero attached hydrogens (tertiary/aromatic N) is 2. The van der Waals surface area contributed by atoms with Gasteiger partial charge in [-0.2, -0.15) is 0 Å². The van der Waals surface area contributed by atoms with Crippen LogP contribution in [0, 0.1) is 11.6 Å². The molecule has 0 aliphatic rings. The summed E-state index contributed by atoms with van der Waals surface area (Å²) in [5.41, 5.74) is -0.269. The van der Waals surface area contributed by atoms with Crippen molar-refractivity contribution < 1.29 is 13.6 Å². The highest BCUT2D eigenvalue weighted by molar-refractivity contribution is 7.25. The normalized spacial score (nSPS) is 11.2. The van der Waals surface area contributed by atoms with Crippen molar-refractivity contribution in [3.63, 3.8) is 0 Å². The van der Waals surface area contributed by atoms with E-state index in [1.54, 1.807) is 18.2 Å². The summed E-state index contributed by atoms with van der Waals surface area (Å²) in [6.45, 7) is -0.509. The Kier molecular flexibility index (Phi) is 5.54. The van der Waals surface area contributed by atoms with Crippen LogP contribution < -0.4 is 16.6 Å². The van der Waals surface area contributed by atoms with Crippen LogP contribution in [0.1, 0.15) is 5.56 Å². The summed E-state index contributed by atoms with van der Waals surface area (Å²) in [6.07, 6.45) is 0. The molecule has 0 saturated heterocycles. The van der Waals surface area contributed by atoms with Crippen molar-refractivity contribution in [2.75, 3.05) is 5.32 Å². The van der Waals surface area contributed by atoms with Crippen molar-refractivity contribution >= 4 is 43.2 Å². The van der Waals surface area contributed by atoms with Crippen molar-refractivity contribution in [3.05, 3.63) is 111 Å². The van der Waals surface area contributed by atoms with Crippen LogP contribution in [0.5, 0.6) is 0 Å². The lowest BCUT2D eigenvalue weighted by Gasteiger charge is -2.13. The van der Waals surface area contributed by atoms with Crippen molar-refractivity contribution in [1.29, 1.82) is 0 Å². The van der Waals surface area contributed by atoms with Crippen molar-refractivity contribution in [1.82, 2.24) is 9.13 Å². The van der Waals surface area contributed by atoms with Gasteiger partial charge in [-0.05, 0) is 35.9 Å². The summed E-state index contributed by atoms with van der Waals surface area (Å²) in [7, 11) is 0. The van der Waals surface area contributed by atoms with Gasteiger partial charge in [-0.3, -0.25) is 18.7 Å². The van der Waals surface area contributed by atoms with Gasteiger partial charge in [0.05, 0.1) is 17.7 Å². The second kappa shape index (κ2) is 8.68. The van der Waals surface area contributed by atoms with E-state index in [4.69, 9.17) is 0 Å². The minimum atomic E-state index is -0.686. The smallest absolute Gasteiger partial charge is 0.322 e. The van der Waals surface area contributed by atoms with E-state index in [0.717, 1.165) is 9.27 Å². The molecule has 0 aliphatic heterocycles. The Hall–Kier alpha value is -4.11. The van der Waals surface area contributed by atoms with Crippen LogP contribution in [0.3, 0.4) is 0 Å². The first-order valence-electron chi connectivity index (χ1n) is 10.4. The van der Waals surface area contributed by atoms with E-state index in [0.29, 0.717) is 21.2 Å². The summed E-state index contributed by atoms with van der Waals surface area (Å²) in [4.78, 5) is 39.6. The molecule has 6 nitrogen and oxygen atoms in total. The lowest BCUT2D eigenvalue weighted by Crippen LogP contribution is -2.41. The van der Waals surface area contributed by atoms with Gasteiger partial charge in [0.2, 0.25) is 5.91 Å². The molecule has 170 valence electrons. The average molecular weight is 477 g/mol. The second-order valence-electron chi connectivity index (χ2n) is 7.69. The lowest BCUT2D eigenvalue weighted by molar-refractivity contribution is -0.116. The van der Waals surface area contributed by atoms with E-state index in [1.165, 1.54) is 58.4 Å². The largest absolute Gasteiger partial charge is 0.332 e. The average Bonchev–Trinajstić information content (AvgIpc) is 3.22. The molecule has 1 amide bonds. The summed E-state index contributed by atoms with van der Waals surface area (Å²) >= 11 is 1.23. The standard InChI is InChI=1S/C25H17F2N3O3S/c26-16-11-9-15(10-12-16)13-30-24(32)23-22(17-5-1-4-8-20(17)34-23)29(25(30)33)14-21(31)28-19-7-3-2-6-18(19)27/h1-12H,13-14H2,(H,28,31). The van der Waals surface area contributed by atoms with Crippen LogP contribution in [0.4, 0.5) is 14.5 Å². The van der Waals surface area contributed by atoms with Crippen LogP contribution >= 0.6 is 11.3 Å². The lowest BCUT2D eigenvalue weighted by atomic mass is 10.2. The summed E-state index contributed by atoms with van der Waals surface area (Å²) in [5, 5.41) is 3.15. The van der Waals surface area contributed by atoms with E-state index in [1.807, 2.05) is 12.1 Å². The number of para-hydroxylation sites is 1. The van der Waals surface area contributed by atoms with Gasteiger partial charge in [0, 0.05) is 10.1 Å². The Morgan fingerprint density at radius 2 is 1.59 bits per heavy atom. The van der Waals surface area contributed by atoms with Gasteiger partial charge in [0.25, 0.3) is 5.56 Å². The molecule has 5 rings (SSSR count). The highest BCUT2D eigenvalue weighted by Gasteiger charge is 2.20. The minimum absolute atomic E-state index is 0.00777. The molecule has 0 unspecified atom stereocenters. The van der Waals surface area contributed by atoms with Crippen LogP contribution in [0.25, 0.3) is 20.3 Å². The predicted molar refractivity (Wildman–Crippen MR) is 128 cm³/mol. The number of rotatable bonds is 5. The number of nitrogens with one attached hydrogen (secondary N) is 1. The fourth-order valence-corrected chi connectivity index (χ4v) is 5.01. The Morgan fingerprint density at radius 1 is 0.882 bits per heavy atom. The fourth-order valence-electron chi connectivity index (χ4n) is 3.85. The molecule has 5 aromatic rings. The Bertz CT molecular complexity index is 1670. The SMILES string of the molecule is O=C(Cn1c(=O)n(Cc2ccc(F)cc2)c(=O)c2sc3ccccc3c21)Nc1ccccc1F. The molecule has 0 atom stereocenters. The molecule has 9 heteroatoms. The van der Waals surface area contributed by atoms with Gasteiger partial charge in [-0.15, -0.1) is 11.3 Å². The molecule has 0 bridgehead atoms. The fraction of sp³-hybridized carbons (Fsp3) is 0.0800. The Balaban J connectivity index is 1.66. The molecular formula is C25H17F2N3O3S. The van der Waals surface area contributed by atoms with E-state index in [2.05, 4.69) is 5.32 Å². The molecule has 0 fully saturated rings. The van der Waals surface area contributed by atoms with Crippen molar-refractivity contribution in [2.45, 2.75) is 13.1 Å². The van der Waals surface area contributed by atoms with Crippen LogP contribution in [-0.2, 0) is 17.9 Å². The van der Waals surface area contributed by atoms with Crippen LogP contribution in [0.2, 0.25) is 0 Å². The molecule has 2 aromatic heterocycles. The summed E-state index contributed by atoms with van der Waals surface area (Å²) in [5.74, 6) is -1.65. The zero-order valence-corrected chi connectivity index (χ0v) is 18.4. The highest BCUT2D eigenvalue weighted by Crippen LogP contribution is 2.31. The zero-order valence-electron chi connectivity index (χ0n) is 17.6. The van der Waals surface area contributed by atoms with E-state index >= 15 is 0 Å².